The topological polar surface area (TPSA) is 113 Å². The Hall–Kier alpha value is -3.12. The van der Waals surface area contributed by atoms with E-state index in [1.54, 1.807) is 5.32 Å². The van der Waals surface area contributed by atoms with Gasteiger partial charge in [0.2, 0.25) is 0 Å². The summed E-state index contributed by atoms with van der Waals surface area (Å²) in [6.07, 6.45) is -0.450. The van der Waals surface area contributed by atoms with Crippen LogP contribution in [0.3, 0.4) is 0 Å². The van der Waals surface area contributed by atoms with Crippen LogP contribution in [0.4, 0.5) is 0 Å². The highest BCUT2D eigenvalue weighted by Gasteiger charge is 2.47. The van der Waals surface area contributed by atoms with Crippen LogP contribution in [0.1, 0.15) is 35.6 Å². The molecule has 0 unspecified atom stereocenters. The molecule has 0 radical (unpaired) electrons. The van der Waals surface area contributed by atoms with E-state index in [1.807, 2.05) is 54.6 Å². The zero-order valence-corrected chi connectivity index (χ0v) is 14.6. The molecule has 3 aromatic rings. The van der Waals surface area contributed by atoms with Gasteiger partial charge in [0.25, 0.3) is 0 Å². The molecule has 3 N–H and O–H groups in total. The summed E-state index contributed by atoms with van der Waals surface area (Å²) in [4.78, 5) is 26.5. The number of hydrogen-bond acceptors (Lipinski definition) is 4. The highest BCUT2D eigenvalue weighted by molar-refractivity contribution is 5.90. The lowest BCUT2D eigenvalue weighted by molar-refractivity contribution is -0.734. The second kappa shape index (κ2) is 6.55. The normalized spacial score (nSPS) is 21.7. The number of aromatic amines is 1. The number of fused-ring (bicyclic) bond motifs is 3. The molecule has 6 nitrogen and oxygen atoms in total. The SMILES string of the molecule is O=C([O-])CC[C@@]1(C(=O)[O-])[NH2+]C[C@@H](c2ccccc2)c2c1[nH]c1ccccc21. The van der Waals surface area contributed by atoms with Crippen LogP contribution >= 0.6 is 0 Å². The Morgan fingerprint density at radius 1 is 1.07 bits per heavy atom. The van der Waals surface area contributed by atoms with Crippen LogP contribution in [0.2, 0.25) is 0 Å². The van der Waals surface area contributed by atoms with Crippen LogP contribution in [0.5, 0.6) is 0 Å². The number of carbonyl (C=O) groups excluding carboxylic acids is 2. The van der Waals surface area contributed by atoms with E-state index in [2.05, 4.69) is 4.98 Å². The van der Waals surface area contributed by atoms with Gasteiger partial charge in [-0.05, 0) is 18.1 Å². The minimum atomic E-state index is -1.47. The molecule has 138 valence electrons. The van der Waals surface area contributed by atoms with Crippen LogP contribution < -0.4 is 15.5 Å². The fraction of sp³-hybridized carbons (Fsp3) is 0.238. The Bertz CT molecular complexity index is 1010. The Morgan fingerprint density at radius 2 is 1.78 bits per heavy atom. The molecule has 1 aliphatic rings. The first-order valence-corrected chi connectivity index (χ1v) is 8.94. The van der Waals surface area contributed by atoms with E-state index < -0.39 is 17.5 Å². The van der Waals surface area contributed by atoms with Gasteiger partial charge >= 0.3 is 0 Å². The Labute approximate surface area is 155 Å². The molecule has 6 heteroatoms. The van der Waals surface area contributed by atoms with Crippen molar-refractivity contribution in [1.82, 2.24) is 4.98 Å². The third kappa shape index (κ3) is 2.78. The average Bonchev–Trinajstić information content (AvgIpc) is 3.07. The van der Waals surface area contributed by atoms with Gasteiger partial charge in [-0.1, -0.05) is 48.5 Å². The maximum Gasteiger partial charge on any atom is 0.177 e. The molecule has 0 spiro atoms. The van der Waals surface area contributed by atoms with Gasteiger partial charge in [-0.15, -0.1) is 0 Å². The minimum Gasteiger partial charge on any atom is -0.550 e. The number of aromatic nitrogens is 1. The van der Waals surface area contributed by atoms with Gasteiger partial charge in [-0.3, -0.25) is 0 Å². The lowest BCUT2D eigenvalue weighted by atomic mass is 9.77. The summed E-state index contributed by atoms with van der Waals surface area (Å²) in [6, 6.07) is 17.6. The molecule has 0 saturated heterocycles. The molecule has 4 rings (SSSR count). The van der Waals surface area contributed by atoms with Crippen LogP contribution in [0.25, 0.3) is 10.9 Å². The van der Waals surface area contributed by atoms with E-state index in [-0.39, 0.29) is 18.8 Å². The standard InChI is InChI=1S/C21H20N2O4/c24-17(25)10-11-21(20(26)27)19-18(14-8-4-5-9-16(14)23-19)15(12-22-21)13-6-2-1-3-7-13/h1-9,15,22-23H,10-12H2,(H,24,25)(H,26,27)/p-1/t15-,21+/m0/s1. The van der Waals surface area contributed by atoms with Crippen molar-refractivity contribution in [1.29, 1.82) is 0 Å². The summed E-state index contributed by atoms with van der Waals surface area (Å²) < 4.78 is 0. The molecule has 2 aromatic carbocycles. The average molecular weight is 363 g/mol. The van der Waals surface area contributed by atoms with Crippen molar-refractivity contribution >= 4 is 22.8 Å². The van der Waals surface area contributed by atoms with E-state index in [9.17, 15) is 19.8 Å². The summed E-state index contributed by atoms with van der Waals surface area (Å²) >= 11 is 0. The van der Waals surface area contributed by atoms with E-state index in [0.29, 0.717) is 12.2 Å². The summed E-state index contributed by atoms with van der Waals surface area (Å²) in [5, 5.41) is 25.9. The van der Waals surface area contributed by atoms with Crippen molar-refractivity contribution < 1.29 is 25.1 Å². The van der Waals surface area contributed by atoms with Gasteiger partial charge in [-0.2, -0.15) is 0 Å². The third-order valence-electron chi connectivity index (χ3n) is 5.53. The maximum absolute atomic E-state index is 12.2. The third-order valence-corrected chi connectivity index (χ3v) is 5.53. The molecule has 1 aromatic heterocycles. The largest absolute Gasteiger partial charge is 0.550 e. The second-order valence-electron chi connectivity index (χ2n) is 6.99. The van der Waals surface area contributed by atoms with Crippen LogP contribution in [-0.2, 0) is 15.1 Å². The van der Waals surface area contributed by atoms with Gasteiger partial charge in [-0.25, -0.2) is 0 Å². The molecule has 27 heavy (non-hydrogen) atoms. The Kier molecular flexibility index (Phi) is 4.20. The molecule has 2 heterocycles. The summed E-state index contributed by atoms with van der Waals surface area (Å²) in [7, 11) is 0. The molecule has 0 saturated carbocycles. The van der Waals surface area contributed by atoms with E-state index >= 15 is 0 Å². The Balaban J connectivity index is 1.94. The van der Waals surface area contributed by atoms with Crippen molar-refractivity contribution in [2.45, 2.75) is 24.3 Å². The van der Waals surface area contributed by atoms with E-state index in [4.69, 9.17) is 0 Å². The van der Waals surface area contributed by atoms with Crippen molar-refractivity contribution in [3.05, 3.63) is 71.4 Å². The molecule has 0 aliphatic carbocycles. The first kappa shape index (κ1) is 17.3. The smallest absolute Gasteiger partial charge is 0.177 e. The van der Waals surface area contributed by atoms with Crippen LogP contribution in [-0.4, -0.2) is 23.5 Å². The molecule has 2 atom stereocenters. The molecular formula is C21H19N2O4-. The number of carboxylic acids is 2. The number of hydrogen-bond donors (Lipinski definition) is 2. The van der Waals surface area contributed by atoms with E-state index in [1.165, 1.54) is 0 Å². The predicted octanol–water partition coefficient (Wildman–Crippen LogP) is -0.648. The van der Waals surface area contributed by atoms with Crippen molar-refractivity contribution in [3.8, 4) is 0 Å². The highest BCUT2D eigenvalue weighted by Crippen LogP contribution is 2.40. The number of carboxylic acid groups (broad SMARTS) is 2. The zero-order chi connectivity index (χ0) is 19.0. The van der Waals surface area contributed by atoms with Gasteiger partial charge < -0.3 is 30.1 Å². The Morgan fingerprint density at radius 3 is 2.48 bits per heavy atom. The monoisotopic (exact) mass is 363 g/mol. The molecule has 0 bridgehead atoms. The summed E-state index contributed by atoms with van der Waals surface area (Å²) in [5.74, 6) is -2.57. The van der Waals surface area contributed by atoms with Crippen molar-refractivity contribution in [2.75, 3.05) is 6.54 Å². The van der Waals surface area contributed by atoms with Crippen molar-refractivity contribution in [2.24, 2.45) is 0 Å². The maximum atomic E-state index is 12.2. The van der Waals surface area contributed by atoms with Gasteiger partial charge in [0.05, 0.1) is 18.2 Å². The second-order valence-corrected chi connectivity index (χ2v) is 6.99. The number of benzene rings is 2. The molecule has 0 fully saturated rings. The minimum absolute atomic E-state index is 0.00669. The number of nitrogens with one attached hydrogen (secondary N) is 1. The number of para-hydroxylation sites is 1. The number of carbonyl (C=O) groups is 2. The van der Waals surface area contributed by atoms with Crippen LogP contribution in [0.15, 0.2) is 54.6 Å². The van der Waals surface area contributed by atoms with Gasteiger partial charge in [0.15, 0.2) is 5.54 Å². The first-order chi connectivity index (χ1) is 13.0. The molecule has 1 aliphatic heterocycles. The molecular weight excluding hydrogens is 344 g/mol. The number of H-pyrrole nitrogens is 1. The summed E-state index contributed by atoms with van der Waals surface area (Å²) in [5.41, 5.74) is 1.87. The van der Waals surface area contributed by atoms with Crippen LogP contribution in [0, 0.1) is 0 Å². The molecule has 0 amide bonds. The van der Waals surface area contributed by atoms with E-state index in [0.717, 1.165) is 22.0 Å². The quantitative estimate of drug-likeness (QED) is 0.627. The number of rotatable bonds is 5. The number of quaternary nitrogens is 1. The fourth-order valence-corrected chi connectivity index (χ4v) is 4.22. The first-order valence-electron chi connectivity index (χ1n) is 8.94. The predicted molar refractivity (Wildman–Crippen MR) is 94.3 cm³/mol. The zero-order valence-electron chi connectivity index (χ0n) is 14.6. The number of nitrogens with two attached hydrogens (primary N) is 1. The number of aliphatic carboxylic acids is 2. The fourth-order valence-electron chi connectivity index (χ4n) is 4.22. The lowest BCUT2D eigenvalue weighted by Crippen LogP contribution is -3.00. The highest BCUT2D eigenvalue weighted by atomic mass is 16.4. The van der Waals surface area contributed by atoms with Crippen molar-refractivity contribution in [3.63, 3.8) is 0 Å². The van der Waals surface area contributed by atoms with Gasteiger partial charge in [0.1, 0.15) is 5.97 Å². The summed E-state index contributed by atoms with van der Waals surface area (Å²) in [6.45, 7) is 0.486. The lowest BCUT2D eigenvalue weighted by Gasteiger charge is -2.39. The van der Waals surface area contributed by atoms with Gasteiger partial charge in [0, 0.05) is 28.9 Å².